The average Bonchev–Trinajstić information content (AvgIpc) is 3.12. The van der Waals surface area contributed by atoms with Gasteiger partial charge in [-0.25, -0.2) is 0 Å². The highest BCUT2D eigenvalue weighted by atomic mass is 15.0. The zero-order valence-electron chi connectivity index (χ0n) is 19.2. The molecule has 3 aromatic carbocycles. The van der Waals surface area contributed by atoms with Crippen molar-refractivity contribution in [1.29, 1.82) is 0 Å². The molecule has 0 saturated heterocycles. The van der Waals surface area contributed by atoms with Crippen LogP contribution >= 0.6 is 0 Å². The number of fused-ring (bicyclic) bond motifs is 1. The van der Waals surface area contributed by atoms with Gasteiger partial charge in [0.25, 0.3) is 0 Å². The lowest BCUT2D eigenvalue weighted by molar-refractivity contribution is -0.660. The molecule has 5 aromatic rings. The van der Waals surface area contributed by atoms with Crippen molar-refractivity contribution >= 4 is 10.9 Å². The molecule has 0 atom stereocenters. The maximum absolute atomic E-state index is 2.46. The van der Waals surface area contributed by atoms with E-state index in [2.05, 4.69) is 134 Å². The molecule has 2 aromatic heterocycles. The van der Waals surface area contributed by atoms with Gasteiger partial charge in [0.1, 0.15) is 12.7 Å². The molecule has 2 nitrogen and oxygen atoms in total. The van der Waals surface area contributed by atoms with Gasteiger partial charge < -0.3 is 4.57 Å². The summed E-state index contributed by atoms with van der Waals surface area (Å²) in [5.41, 5.74) is 10.1. The van der Waals surface area contributed by atoms with Gasteiger partial charge in [0.05, 0.1) is 5.52 Å². The molecule has 0 aliphatic rings. The number of hydrogen-bond acceptors (Lipinski definition) is 0. The monoisotopic (exact) mass is 417 g/mol. The van der Waals surface area contributed by atoms with E-state index < -0.39 is 0 Å². The molecule has 2 heterocycles. The minimum atomic E-state index is 0.435. The summed E-state index contributed by atoms with van der Waals surface area (Å²) in [7, 11) is 2.14. The molecule has 0 amide bonds. The van der Waals surface area contributed by atoms with Crippen LogP contribution < -0.4 is 4.57 Å². The van der Waals surface area contributed by atoms with Crippen molar-refractivity contribution in [1.82, 2.24) is 4.57 Å². The predicted octanol–water partition coefficient (Wildman–Crippen LogP) is 7.22. The van der Waals surface area contributed by atoms with Gasteiger partial charge in [-0.1, -0.05) is 80.6 Å². The molecule has 0 N–H and O–H groups in total. The van der Waals surface area contributed by atoms with Crippen LogP contribution in [-0.4, -0.2) is 4.57 Å². The fraction of sp³-hybridized carbons (Fsp3) is 0.167. The lowest BCUT2D eigenvalue weighted by atomic mass is 10.0. The van der Waals surface area contributed by atoms with Gasteiger partial charge in [0, 0.05) is 23.2 Å². The van der Waals surface area contributed by atoms with E-state index in [1.165, 1.54) is 50.2 Å². The Bertz CT molecular complexity index is 1410. The fourth-order valence-corrected chi connectivity index (χ4v) is 4.75. The van der Waals surface area contributed by atoms with Gasteiger partial charge in [0.2, 0.25) is 5.69 Å². The van der Waals surface area contributed by atoms with Gasteiger partial charge in [-0.2, -0.15) is 4.57 Å². The third-order valence-corrected chi connectivity index (χ3v) is 6.43. The summed E-state index contributed by atoms with van der Waals surface area (Å²) in [5.74, 6) is 0.435. The minimum Gasteiger partial charge on any atom is -0.304 e. The SMILES string of the molecule is Cc1c(-c2cc(-c3ccccc3)cc[n+]2C)n(-c2ccccc2C(C)C)c2ccccc12. The van der Waals surface area contributed by atoms with Crippen molar-refractivity contribution < 1.29 is 4.57 Å². The van der Waals surface area contributed by atoms with Crippen LogP contribution in [0.15, 0.2) is 97.2 Å². The number of rotatable bonds is 4. The smallest absolute Gasteiger partial charge is 0.230 e. The molecule has 0 aliphatic heterocycles. The lowest BCUT2D eigenvalue weighted by Gasteiger charge is -2.17. The van der Waals surface area contributed by atoms with Gasteiger partial charge in [0.15, 0.2) is 6.20 Å². The zero-order valence-corrected chi connectivity index (χ0v) is 19.2. The van der Waals surface area contributed by atoms with Gasteiger partial charge in [-0.15, -0.1) is 0 Å². The average molecular weight is 418 g/mol. The summed E-state index contributed by atoms with van der Waals surface area (Å²) in [6, 6.07) is 32.7. The zero-order chi connectivity index (χ0) is 22.2. The van der Waals surface area contributed by atoms with Gasteiger partial charge in [-0.05, 0) is 47.2 Å². The van der Waals surface area contributed by atoms with Crippen molar-refractivity contribution in [3.8, 4) is 28.2 Å². The number of para-hydroxylation sites is 2. The summed E-state index contributed by atoms with van der Waals surface area (Å²) in [6.07, 6.45) is 2.17. The number of aryl methyl sites for hydroxylation is 2. The molecule has 0 spiro atoms. The van der Waals surface area contributed by atoms with E-state index in [-0.39, 0.29) is 0 Å². The van der Waals surface area contributed by atoms with Crippen LogP contribution in [0.4, 0.5) is 0 Å². The third-order valence-electron chi connectivity index (χ3n) is 6.43. The molecular weight excluding hydrogens is 388 g/mol. The molecule has 0 saturated carbocycles. The van der Waals surface area contributed by atoms with Crippen molar-refractivity contribution in [2.45, 2.75) is 26.7 Å². The summed E-state index contributed by atoms with van der Waals surface area (Å²) in [6.45, 7) is 6.79. The van der Waals surface area contributed by atoms with E-state index in [1.807, 2.05) is 0 Å². The van der Waals surface area contributed by atoms with Crippen molar-refractivity contribution in [2.24, 2.45) is 7.05 Å². The van der Waals surface area contributed by atoms with Crippen LogP contribution in [0.25, 0.3) is 39.1 Å². The quantitative estimate of drug-likeness (QED) is 0.273. The number of nitrogens with zero attached hydrogens (tertiary/aromatic N) is 2. The van der Waals surface area contributed by atoms with E-state index in [9.17, 15) is 0 Å². The highest BCUT2D eigenvalue weighted by molar-refractivity contribution is 5.93. The Morgan fingerprint density at radius 2 is 1.44 bits per heavy atom. The van der Waals surface area contributed by atoms with Crippen molar-refractivity contribution in [2.75, 3.05) is 0 Å². The molecule has 0 aliphatic carbocycles. The standard InChI is InChI=1S/C30H29N2/c1-21(2)25-14-8-10-16-27(25)32-28-17-11-9-15-26(28)22(3)30(32)29-20-24(18-19-31(29)4)23-12-6-5-7-13-23/h5-21H,1-4H3/q+1. The van der Waals surface area contributed by atoms with Crippen LogP contribution in [0.5, 0.6) is 0 Å². The van der Waals surface area contributed by atoms with Crippen LogP contribution in [0.2, 0.25) is 0 Å². The van der Waals surface area contributed by atoms with E-state index in [0.29, 0.717) is 5.92 Å². The summed E-state index contributed by atoms with van der Waals surface area (Å²) in [4.78, 5) is 0. The van der Waals surface area contributed by atoms with Crippen LogP contribution in [0.3, 0.4) is 0 Å². The van der Waals surface area contributed by atoms with Crippen molar-refractivity contribution in [3.63, 3.8) is 0 Å². The Morgan fingerprint density at radius 1 is 0.750 bits per heavy atom. The second kappa shape index (κ2) is 8.12. The summed E-state index contributed by atoms with van der Waals surface area (Å²) < 4.78 is 4.70. The molecule has 0 radical (unpaired) electrons. The number of pyridine rings is 1. The highest BCUT2D eigenvalue weighted by Crippen LogP contribution is 2.37. The van der Waals surface area contributed by atoms with E-state index in [1.54, 1.807) is 0 Å². The first-order valence-corrected chi connectivity index (χ1v) is 11.3. The Hall–Kier alpha value is -3.65. The molecule has 5 rings (SSSR count). The molecule has 158 valence electrons. The fourth-order valence-electron chi connectivity index (χ4n) is 4.75. The molecule has 0 fully saturated rings. The second-order valence-electron chi connectivity index (χ2n) is 8.82. The largest absolute Gasteiger partial charge is 0.304 e. The number of benzene rings is 3. The molecular formula is C30H29N2+. The highest BCUT2D eigenvalue weighted by Gasteiger charge is 2.24. The topological polar surface area (TPSA) is 8.81 Å². The summed E-state index contributed by atoms with van der Waals surface area (Å²) >= 11 is 0. The molecule has 2 heteroatoms. The van der Waals surface area contributed by atoms with E-state index in [0.717, 1.165) is 0 Å². The first kappa shape index (κ1) is 20.3. The Morgan fingerprint density at radius 3 is 2.22 bits per heavy atom. The van der Waals surface area contributed by atoms with Crippen molar-refractivity contribution in [3.05, 3.63) is 108 Å². The van der Waals surface area contributed by atoms with Crippen LogP contribution in [0.1, 0.15) is 30.9 Å². The minimum absolute atomic E-state index is 0.435. The summed E-state index contributed by atoms with van der Waals surface area (Å²) in [5, 5.41) is 1.30. The number of hydrogen-bond donors (Lipinski definition) is 0. The Balaban J connectivity index is 1.86. The normalized spacial score (nSPS) is 11.4. The molecule has 0 unspecified atom stereocenters. The first-order chi connectivity index (χ1) is 15.6. The maximum atomic E-state index is 2.46. The van der Waals surface area contributed by atoms with Crippen LogP contribution in [-0.2, 0) is 7.05 Å². The first-order valence-electron chi connectivity index (χ1n) is 11.3. The lowest BCUT2D eigenvalue weighted by Crippen LogP contribution is -2.31. The van der Waals surface area contributed by atoms with Gasteiger partial charge in [-0.3, -0.25) is 0 Å². The third kappa shape index (κ3) is 3.33. The number of aromatic nitrogens is 2. The van der Waals surface area contributed by atoms with Gasteiger partial charge >= 0.3 is 0 Å². The van der Waals surface area contributed by atoms with E-state index in [4.69, 9.17) is 0 Å². The Kier molecular flexibility index (Phi) is 5.14. The van der Waals surface area contributed by atoms with E-state index >= 15 is 0 Å². The molecule has 0 bridgehead atoms. The predicted molar refractivity (Wildman–Crippen MR) is 134 cm³/mol. The molecule has 32 heavy (non-hydrogen) atoms. The second-order valence-corrected chi connectivity index (χ2v) is 8.82. The maximum Gasteiger partial charge on any atom is 0.230 e. The van der Waals surface area contributed by atoms with Crippen LogP contribution in [0, 0.1) is 6.92 Å². The Labute approximate surface area is 190 Å².